The van der Waals surface area contributed by atoms with Gasteiger partial charge in [0.15, 0.2) is 0 Å². The molecule has 0 spiro atoms. The Morgan fingerprint density at radius 1 is 1.04 bits per heavy atom. The summed E-state index contributed by atoms with van der Waals surface area (Å²) in [5.41, 5.74) is 1.36. The molecule has 0 amide bonds. The van der Waals surface area contributed by atoms with Crippen LogP contribution in [0.25, 0.3) is 0 Å². The lowest BCUT2D eigenvalue weighted by Gasteiger charge is -2.43. The van der Waals surface area contributed by atoms with E-state index in [9.17, 15) is 5.11 Å². The van der Waals surface area contributed by atoms with Crippen molar-refractivity contribution in [1.29, 1.82) is 0 Å². The Kier molecular flexibility index (Phi) is 6.49. The van der Waals surface area contributed by atoms with E-state index in [1.54, 1.807) is 0 Å². The van der Waals surface area contributed by atoms with Crippen molar-refractivity contribution in [3.63, 3.8) is 0 Å². The van der Waals surface area contributed by atoms with Crippen LogP contribution in [0.2, 0.25) is 0 Å². The number of nitrogens with one attached hydrogen (secondary N) is 1. The SMILES string of the molecule is OCCC1CC(NCc2ccccc2)CN(C2CCCCC2)C1. The monoisotopic (exact) mass is 316 g/mol. The number of aliphatic hydroxyl groups is 1. The number of hydrogen-bond acceptors (Lipinski definition) is 3. The average molecular weight is 316 g/mol. The number of rotatable bonds is 6. The molecule has 1 aliphatic heterocycles. The molecule has 128 valence electrons. The Labute approximate surface area is 141 Å². The van der Waals surface area contributed by atoms with Crippen molar-refractivity contribution in [2.45, 2.75) is 63.6 Å². The molecule has 3 rings (SSSR count). The quantitative estimate of drug-likeness (QED) is 0.846. The summed E-state index contributed by atoms with van der Waals surface area (Å²) in [6.07, 6.45) is 9.11. The third kappa shape index (κ3) is 5.03. The maximum Gasteiger partial charge on any atom is 0.0434 e. The van der Waals surface area contributed by atoms with Gasteiger partial charge in [-0.3, -0.25) is 4.90 Å². The minimum absolute atomic E-state index is 0.328. The first-order chi connectivity index (χ1) is 11.3. The second-order valence-corrected chi connectivity index (χ2v) is 7.42. The maximum atomic E-state index is 9.37. The smallest absolute Gasteiger partial charge is 0.0434 e. The summed E-state index contributed by atoms with van der Waals surface area (Å²) in [5.74, 6) is 0.643. The van der Waals surface area contributed by atoms with Crippen LogP contribution in [-0.2, 0) is 6.54 Å². The van der Waals surface area contributed by atoms with Gasteiger partial charge in [0, 0.05) is 38.3 Å². The molecule has 1 aromatic rings. The summed E-state index contributed by atoms with van der Waals surface area (Å²) >= 11 is 0. The zero-order valence-electron chi connectivity index (χ0n) is 14.3. The summed E-state index contributed by atoms with van der Waals surface area (Å²) < 4.78 is 0. The normalized spacial score (nSPS) is 27.2. The largest absolute Gasteiger partial charge is 0.396 e. The zero-order chi connectivity index (χ0) is 15.9. The van der Waals surface area contributed by atoms with Crippen molar-refractivity contribution in [3.8, 4) is 0 Å². The number of aliphatic hydroxyl groups excluding tert-OH is 1. The topological polar surface area (TPSA) is 35.5 Å². The maximum absolute atomic E-state index is 9.37. The van der Waals surface area contributed by atoms with Crippen molar-refractivity contribution >= 4 is 0 Å². The first kappa shape index (κ1) is 16.9. The van der Waals surface area contributed by atoms with Crippen molar-refractivity contribution in [3.05, 3.63) is 35.9 Å². The number of nitrogens with zero attached hydrogens (tertiary/aromatic N) is 1. The van der Waals surface area contributed by atoms with E-state index in [2.05, 4.69) is 40.5 Å². The van der Waals surface area contributed by atoms with Crippen LogP contribution >= 0.6 is 0 Å². The first-order valence-corrected chi connectivity index (χ1v) is 9.47. The van der Waals surface area contributed by atoms with Crippen LogP contribution in [0.5, 0.6) is 0 Å². The van der Waals surface area contributed by atoms with E-state index in [1.807, 2.05) is 0 Å². The molecule has 1 saturated carbocycles. The molecule has 1 aromatic carbocycles. The molecule has 0 aromatic heterocycles. The number of likely N-dealkylation sites (tertiary alicyclic amines) is 1. The molecule has 3 heteroatoms. The fraction of sp³-hybridized carbons (Fsp3) is 0.700. The van der Waals surface area contributed by atoms with Gasteiger partial charge in [-0.2, -0.15) is 0 Å². The summed E-state index contributed by atoms with van der Waals surface area (Å²) in [4.78, 5) is 2.73. The molecule has 2 atom stereocenters. The van der Waals surface area contributed by atoms with Crippen LogP contribution in [0.4, 0.5) is 0 Å². The molecule has 1 saturated heterocycles. The molecule has 1 heterocycles. The molecule has 23 heavy (non-hydrogen) atoms. The second-order valence-electron chi connectivity index (χ2n) is 7.42. The van der Waals surface area contributed by atoms with Crippen molar-refractivity contribution in [2.75, 3.05) is 19.7 Å². The van der Waals surface area contributed by atoms with E-state index in [-0.39, 0.29) is 0 Å². The highest BCUT2D eigenvalue weighted by molar-refractivity contribution is 5.14. The van der Waals surface area contributed by atoms with E-state index >= 15 is 0 Å². The van der Waals surface area contributed by atoms with Gasteiger partial charge < -0.3 is 10.4 Å². The standard InChI is InChI=1S/C20H32N2O/c23-12-11-18-13-19(21-14-17-7-3-1-4-8-17)16-22(15-18)20-9-5-2-6-10-20/h1,3-4,7-8,18-21,23H,2,5-6,9-16H2. The lowest BCUT2D eigenvalue weighted by atomic mass is 9.87. The molecule has 2 fully saturated rings. The number of hydrogen-bond donors (Lipinski definition) is 2. The molecular formula is C20H32N2O. The Morgan fingerprint density at radius 3 is 2.57 bits per heavy atom. The van der Waals surface area contributed by atoms with Gasteiger partial charge >= 0.3 is 0 Å². The van der Waals surface area contributed by atoms with Crippen molar-refractivity contribution in [1.82, 2.24) is 10.2 Å². The van der Waals surface area contributed by atoms with Crippen LogP contribution in [0.15, 0.2) is 30.3 Å². The van der Waals surface area contributed by atoms with Gasteiger partial charge in [0.1, 0.15) is 0 Å². The van der Waals surface area contributed by atoms with Crippen LogP contribution < -0.4 is 5.32 Å². The Morgan fingerprint density at radius 2 is 1.83 bits per heavy atom. The van der Waals surface area contributed by atoms with E-state index in [0.29, 0.717) is 18.6 Å². The fourth-order valence-electron chi connectivity index (χ4n) is 4.38. The Balaban J connectivity index is 1.57. The van der Waals surface area contributed by atoms with E-state index in [4.69, 9.17) is 0 Å². The third-order valence-electron chi connectivity index (χ3n) is 5.63. The lowest BCUT2D eigenvalue weighted by molar-refractivity contribution is 0.0674. The van der Waals surface area contributed by atoms with Crippen molar-refractivity contribution in [2.24, 2.45) is 5.92 Å². The van der Waals surface area contributed by atoms with Crippen molar-refractivity contribution < 1.29 is 5.11 Å². The summed E-state index contributed by atoms with van der Waals surface area (Å²) in [6, 6.07) is 12.0. The molecular weight excluding hydrogens is 284 g/mol. The molecule has 0 bridgehead atoms. The lowest BCUT2D eigenvalue weighted by Crippen LogP contribution is -2.53. The highest BCUT2D eigenvalue weighted by Gasteiger charge is 2.31. The van der Waals surface area contributed by atoms with E-state index < -0.39 is 0 Å². The van der Waals surface area contributed by atoms with Crippen LogP contribution in [0, 0.1) is 5.92 Å². The van der Waals surface area contributed by atoms with Crippen LogP contribution in [-0.4, -0.2) is 41.8 Å². The van der Waals surface area contributed by atoms with Gasteiger partial charge in [0.05, 0.1) is 0 Å². The molecule has 1 aliphatic carbocycles. The predicted molar refractivity (Wildman–Crippen MR) is 95.3 cm³/mol. The molecule has 2 N–H and O–H groups in total. The van der Waals surface area contributed by atoms with Gasteiger partial charge in [-0.25, -0.2) is 0 Å². The minimum Gasteiger partial charge on any atom is -0.396 e. The zero-order valence-corrected chi connectivity index (χ0v) is 14.3. The Hall–Kier alpha value is -0.900. The van der Waals surface area contributed by atoms with Gasteiger partial charge in [-0.05, 0) is 37.2 Å². The fourth-order valence-corrected chi connectivity index (χ4v) is 4.38. The average Bonchev–Trinajstić information content (AvgIpc) is 2.62. The predicted octanol–water partition coefficient (Wildman–Crippen LogP) is 3.18. The highest BCUT2D eigenvalue weighted by atomic mass is 16.3. The highest BCUT2D eigenvalue weighted by Crippen LogP contribution is 2.28. The third-order valence-corrected chi connectivity index (χ3v) is 5.63. The van der Waals surface area contributed by atoms with Gasteiger partial charge in [0.2, 0.25) is 0 Å². The van der Waals surface area contributed by atoms with E-state index in [0.717, 1.165) is 19.0 Å². The minimum atomic E-state index is 0.328. The number of benzene rings is 1. The summed E-state index contributed by atoms with van der Waals surface area (Å²) in [5, 5.41) is 13.1. The molecule has 2 unspecified atom stereocenters. The molecule has 2 aliphatic rings. The molecule has 0 radical (unpaired) electrons. The summed E-state index contributed by atoms with van der Waals surface area (Å²) in [6.45, 7) is 3.65. The van der Waals surface area contributed by atoms with Gasteiger partial charge in [0.25, 0.3) is 0 Å². The van der Waals surface area contributed by atoms with E-state index in [1.165, 1.54) is 57.2 Å². The van der Waals surface area contributed by atoms with Crippen LogP contribution in [0.3, 0.4) is 0 Å². The second kappa shape index (κ2) is 8.81. The van der Waals surface area contributed by atoms with Crippen LogP contribution in [0.1, 0.15) is 50.5 Å². The summed E-state index contributed by atoms with van der Waals surface area (Å²) in [7, 11) is 0. The first-order valence-electron chi connectivity index (χ1n) is 9.47. The van der Waals surface area contributed by atoms with Gasteiger partial charge in [-0.1, -0.05) is 49.6 Å². The van der Waals surface area contributed by atoms with Gasteiger partial charge in [-0.15, -0.1) is 0 Å². The molecule has 3 nitrogen and oxygen atoms in total. The Bertz CT molecular complexity index is 444. The number of piperidine rings is 1.